The van der Waals surface area contributed by atoms with Gasteiger partial charge in [-0.1, -0.05) is 0 Å². The standard InChI is InChI=1S/C24H37I3N2O11/c1-2-38-7-8-39-9-10-40-22-20(26)17(23(36)28(3-5-30)11-15(34)13-32)19(25)18(21(22)27)24(37)29(4-6-31)12-16(35)14-33/h15-16,30-35H,2-14H2,1H3. The highest BCUT2D eigenvalue weighted by Crippen LogP contribution is 2.38. The topological polar surface area (TPSA) is 190 Å². The lowest BCUT2D eigenvalue weighted by molar-refractivity contribution is 0.0394. The second kappa shape index (κ2) is 20.7. The van der Waals surface area contributed by atoms with Crippen LogP contribution in [0.3, 0.4) is 0 Å². The third-order valence-corrected chi connectivity index (χ3v) is 8.49. The van der Waals surface area contributed by atoms with E-state index in [0.29, 0.717) is 27.0 Å². The molecule has 0 aromatic heterocycles. The SMILES string of the molecule is CCOCCOCCOc1c(I)c(C(=O)N(CCO)CC(O)CO)c(I)c(C(=O)N(CCO)CC(O)CO)c1I. The zero-order chi connectivity index (χ0) is 30.2. The van der Waals surface area contributed by atoms with Crippen LogP contribution in [-0.4, -0.2) is 150 Å². The molecule has 0 aliphatic carbocycles. The molecule has 2 amide bonds. The molecule has 0 spiro atoms. The van der Waals surface area contributed by atoms with Crippen LogP contribution in [0.4, 0.5) is 0 Å². The lowest BCUT2D eigenvalue weighted by Crippen LogP contribution is -2.43. The van der Waals surface area contributed by atoms with E-state index < -0.39 is 50.4 Å². The Kier molecular flexibility index (Phi) is 19.6. The molecule has 0 saturated heterocycles. The fraction of sp³-hybridized carbons (Fsp3) is 0.667. The molecule has 0 aliphatic rings. The van der Waals surface area contributed by atoms with Crippen LogP contribution < -0.4 is 4.74 Å². The Labute approximate surface area is 274 Å². The van der Waals surface area contributed by atoms with Gasteiger partial charge in [0.2, 0.25) is 0 Å². The van der Waals surface area contributed by atoms with Crippen LogP contribution in [0, 0.1) is 10.7 Å². The number of hydrogen-bond acceptors (Lipinski definition) is 11. The summed E-state index contributed by atoms with van der Waals surface area (Å²) in [5.74, 6) is -0.981. The average molecular weight is 910 g/mol. The van der Waals surface area contributed by atoms with Crippen molar-refractivity contribution in [3.05, 3.63) is 21.8 Å². The summed E-state index contributed by atoms with van der Waals surface area (Å²) in [7, 11) is 0. The molecule has 0 fully saturated rings. The van der Waals surface area contributed by atoms with Crippen molar-refractivity contribution >= 4 is 79.6 Å². The number of carbonyl (C=O) groups excluding carboxylic acids is 2. The van der Waals surface area contributed by atoms with Crippen molar-refractivity contribution in [3.63, 3.8) is 0 Å². The second-order valence-electron chi connectivity index (χ2n) is 8.30. The van der Waals surface area contributed by atoms with Crippen molar-refractivity contribution in [1.82, 2.24) is 9.80 Å². The van der Waals surface area contributed by atoms with Crippen molar-refractivity contribution in [2.75, 3.05) is 85.6 Å². The number of nitrogens with zero attached hydrogens (tertiary/aromatic N) is 2. The first kappa shape index (κ1) is 37.9. The highest BCUT2D eigenvalue weighted by molar-refractivity contribution is 14.1. The highest BCUT2D eigenvalue weighted by Gasteiger charge is 2.33. The van der Waals surface area contributed by atoms with Crippen LogP contribution >= 0.6 is 67.8 Å². The summed E-state index contributed by atoms with van der Waals surface area (Å²) in [6.45, 7) is 0.716. The summed E-state index contributed by atoms with van der Waals surface area (Å²) in [6.07, 6.45) is -2.50. The zero-order valence-electron chi connectivity index (χ0n) is 22.1. The maximum Gasteiger partial charge on any atom is 0.256 e. The molecule has 0 bridgehead atoms. The summed E-state index contributed by atoms with van der Waals surface area (Å²) in [5, 5.41) is 57.6. The highest BCUT2D eigenvalue weighted by atomic mass is 127. The van der Waals surface area contributed by atoms with Gasteiger partial charge in [-0.15, -0.1) is 0 Å². The Morgan fingerprint density at radius 3 is 1.55 bits per heavy atom. The van der Waals surface area contributed by atoms with E-state index in [2.05, 4.69) is 0 Å². The molecule has 0 radical (unpaired) electrons. The van der Waals surface area contributed by atoms with Crippen LogP contribution in [0.15, 0.2) is 0 Å². The Morgan fingerprint density at radius 1 is 0.725 bits per heavy atom. The molecule has 40 heavy (non-hydrogen) atoms. The molecule has 0 heterocycles. The van der Waals surface area contributed by atoms with Crippen LogP contribution in [-0.2, 0) is 9.47 Å². The monoisotopic (exact) mass is 910 g/mol. The molecule has 0 aliphatic heterocycles. The summed E-state index contributed by atoms with van der Waals surface area (Å²) in [4.78, 5) is 29.8. The van der Waals surface area contributed by atoms with Gasteiger partial charge in [-0.05, 0) is 74.7 Å². The van der Waals surface area contributed by atoms with Gasteiger partial charge >= 0.3 is 0 Å². The molecular weight excluding hydrogens is 873 g/mol. The van der Waals surface area contributed by atoms with Crippen LogP contribution in [0.1, 0.15) is 27.6 Å². The summed E-state index contributed by atoms with van der Waals surface area (Å²) in [6, 6.07) is 0. The van der Waals surface area contributed by atoms with E-state index in [0.717, 1.165) is 0 Å². The predicted octanol–water partition coefficient (Wildman–Crippen LogP) is -0.492. The molecule has 16 heteroatoms. The lowest BCUT2D eigenvalue weighted by atomic mass is 10.1. The van der Waals surface area contributed by atoms with Crippen LogP contribution in [0.25, 0.3) is 0 Å². The van der Waals surface area contributed by atoms with E-state index in [9.17, 15) is 40.2 Å². The summed E-state index contributed by atoms with van der Waals surface area (Å²) >= 11 is 5.74. The van der Waals surface area contributed by atoms with Gasteiger partial charge in [-0.2, -0.15) is 0 Å². The molecule has 2 unspecified atom stereocenters. The quantitative estimate of drug-likeness (QED) is 0.0732. The Bertz CT molecular complexity index is 881. The normalized spacial score (nSPS) is 12.8. The number of benzene rings is 1. The molecule has 2 atom stereocenters. The maximum atomic E-state index is 13.7. The number of aliphatic hydroxyl groups excluding tert-OH is 6. The first-order chi connectivity index (χ1) is 19.1. The largest absolute Gasteiger partial charge is 0.489 e. The first-order valence-electron chi connectivity index (χ1n) is 12.5. The van der Waals surface area contributed by atoms with Crippen molar-refractivity contribution in [3.8, 4) is 5.75 Å². The third kappa shape index (κ3) is 11.5. The maximum absolute atomic E-state index is 13.7. The Balaban J connectivity index is 3.60. The van der Waals surface area contributed by atoms with E-state index in [1.165, 1.54) is 9.80 Å². The molecule has 1 aromatic carbocycles. The number of amides is 2. The lowest BCUT2D eigenvalue weighted by Gasteiger charge is -2.28. The molecule has 0 saturated carbocycles. The van der Waals surface area contributed by atoms with Crippen molar-refractivity contribution in [2.24, 2.45) is 0 Å². The van der Waals surface area contributed by atoms with Gasteiger partial charge < -0.3 is 54.6 Å². The number of rotatable bonds is 20. The molecule has 1 aromatic rings. The molecule has 1 rings (SSSR count). The van der Waals surface area contributed by atoms with Gasteiger partial charge in [0.1, 0.15) is 12.4 Å². The van der Waals surface area contributed by atoms with Gasteiger partial charge in [-0.3, -0.25) is 9.59 Å². The predicted molar refractivity (Wildman–Crippen MR) is 170 cm³/mol. The minimum Gasteiger partial charge on any atom is -0.489 e. The molecule has 6 N–H and O–H groups in total. The first-order valence-corrected chi connectivity index (χ1v) is 15.7. The fourth-order valence-corrected chi connectivity index (χ4v) is 7.84. The summed E-state index contributed by atoms with van der Waals surface area (Å²) in [5.41, 5.74) is 0.171. The van der Waals surface area contributed by atoms with E-state index >= 15 is 0 Å². The second-order valence-corrected chi connectivity index (χ2v) is 11.5. The van der Waals surface area contributed by atoms with Crippen molar-refractivity contribution in [2.45, 2.75) is 19.1 Å². The van der Waals surface area contributed by atoms with E-state index in [1.54, 1.807) is 0 Å². The number of hydrogen-bond donors (Lipinski definition) is 6. The molecule has 13 nitrogen and oxygen atoms in total. The average Bonchev–Trinajstić information content (AvgIpc) is 2.93. The number of carbonyl (C=O) groups is 2. The summed E-state index contributed by atoms with van der Waals surface area (Å²) < 4.78 is 17.7. The molecular formula is C24H37I3N2O11. The van der Waals surface area contributed by atoms with E-state index in [1.807, 2.05) is 74.7 Å². The minimum atomic E-state index is -1.25. The number of aliphatic hydroxyl groups is 6. The fourth-order valence-electron chi connectivity index (χ4n) is 3.44. The van der Waals surface area contributed by atoms with Crippen molar-refractivity contribution in [1.29, 1.82) is 0 Å². The van der Waals surface area contributed by atoms with Crippen LogP contribution in [0.2, 0.25) is 0 Å². The van der Waals surface area contributed by atoms with Gasteiger partial charge in [0.05, 0.1) is 76.7 Å². The smallest absolute Gasteiger partial charge is 0.256 e. The Morgan fingerprint density at radius 2 is 1.15 bits per heavy atom. The number of halogens is 3. The Hall–Kier alpha value is -0.170. The van der Waals surface area contributed by atoms with E-state index in [-0.39, 0.29) is 59.8 Å². The molecule has 230 valence electrons. The van der Waals surface area contributed by atoms with Gasteiger partial charge in [-0.25, -0.2) is 0 Å². The van der Waals surface area contributed by atoms with Crippen LogP contribution in [0.5, 0.6) is 5.75 Å². The van der Waals surface area contributed by atoms with Gasteiger partial charge in [0, 0.05) is 36.4 Å². The van der Waals surface area contributed by atoms with Gasteiger partial charge in [0.15, 0.2) is 0 Å². The minimum absolute atomic E-state index is 0.0856. The number of ether oxygens (including phenoxy) is 3. The zero-order valence-corrected chi connectivity index (χ0v) is 28.6. The third-order valence-electron chi connectivity index (χ3n) is 5.35. The van der Waals surface area contributed by atoms with Gasteiger partial charge in [0.25, 0.3) is 11.8 Å². The van der Waals surface area contributed by atoms with Crippen molar-refractivity contribution < 1.29 is 54.4 Å². The van der Waals surface area contributed by atoms with E-state index in [4.69, 9.17) is 14.2 Å².